The van der Waals surface area contributed by atoms with E-state index in [1.54, 1.807) is 58.1 Å². The molecular formula is C21H17ClN6O2. The zero-order valence-corrected chi connectivity index (χ0v) is 16.6. The summed E-state index contributed by atoms with van der Waals surface area (Å²) in [6.07, 6.45) is 0. The fourth-order valence-electron chi connectivity index (χ4n) is 3.46. The van der Waals surface area contributed by atoms with Crippen LogP contribution in [-0.2, 0) is 13.1 Å². The fraction of sp³-hybridized carbons (Fsp3) is 0.143. The normalized spacial score (nSPS) is 12.7. The molecule has 0 unspecified atom stereocenters. The topological polar surface area (TPSA) is 117 Å². The van der Waals surface area contributed by atoms with Crippen LogP contribution in [0.5, 0.6) is 0 Å². The molecule has 2 heterocycles. The maximum Gasteiger partial charge on any atom is 0.322 e. The molecule has 2 aromatic carbocycles. The molecular weight excluding hydrogens is 404 g/mol. The SMILES string of the molecule is N#Cc1cccc(NC(=O)N2CCn3nc(-c4cccc(Cl)c4)c(C(N)=O)c3C2)c1. The van der Waals surface area contributed by atoms with Crippen LogP contribution in [0.15, 0.2) is 48.5 Å². The summed E-state index contributed by atoms with van der Waals surface area (Å²) in [6.45, 7) is 1.00. The quantitative estimate of drug-likeness (QED) is 0.676. The van der Waals surface area contributed by atoms with E-state index < -0.39 is 5.91 Å². The molecule has 150 valence electrons. The van der Waals surface area contributed by atoms with Crippen molar-refractivity contribution in [1.29, 1.82) is 5.26 Å². The first-order valence-electron chi connectivity index (χ1n) is 9.18. The van der Waals surface area contributed by atoms with Gasteiger partial charge in [0.1, 0.15) is 5.69 Å². The lowest BCUT2D eigenvalue weighted by Crippen LogP contribution is -2.41. The summed E-state index contributed by atoms with van der Waals surface area (Å²) in [5.41, 5.74) is 8.62. The van der Waals surface area contributed by atoms with Crippen LogP contribution in [0.25, 0.3) is 11.3 Å². The van der Waals surface area contributed by atoms with Gasteiger partial charge in [-0.2, -0.15) is 10.4 Å². The first-order chi connectivity index (χ1) is 14.5. The van der Waals surface area contributed by atoms with Gasteiger partial charge in [-0.15, -0.1) is 0 Å². The van der Waals surface area contributed by atoms with E-state index in [9.17, 15) is 9.59 Å². The van der Waals surface area contributed by atoms with Crippen molar-refractivity contribution < 1.29 is 9.59 Å². The van der Waals surface area contributed by atoms with E-state index in [4.69, 9.17) is 22.6 Å². The van der Waals surface area contributed by atoms with Crippen LogP contribution < -0.4 is 11.1 Å². The molecule has 0 aliphatic carbocycles. The van der Waals surface area contributed by atoms with E-state index in [-0.39, 0.29) is 18.1 Å². The highest BCUT2D eigenvalue weighted by molar-refractivity contribution is 6.30. The lowest BCUT2D eigenvalue weighted by Gasteiger charge is -2.28. The Balaban J connectivity index is 1.62. The van der Waals surface area contributed by atoms with Gasteiger partial charge in [0.15, 0.2) is 0 Å². The zero-order chi connectivity index (χ0) is 21.3. The predicted octanol–water partition coefficient (Wildman–Crippen LogP) is 3.22. The Kier molecular flexibility index (Phi) is 5.12. The Bertz CT molecular complexity index is 1200. The number of hydrogen-bond acceptors (Lipinski definition) is 4. The number of primary amides is 1. The average Bonchev–Trinajstić information content (AvgIpc) is 3.13. The van der Waals surface area contributed by atoms with Crippen LogP contribution in [0.4, 0.5) is 10.5 Å². The molecule has 3 aromatic rings. The van der Waals surface area contributed by atoms with Crippen molar-refractivity contribution in [2.75, 3.05) is 11.9 Å². The molecule has 0 spiro atoms. The Labute approximate surface area is 177 Å². The van der Waals surface area contributed by atoms with E-state index in [0.717, 1.165) is 0 Å². The van der Waals surface area contributed by atoms with Gasteiger partial charge >= 0.3 is 6.03 Å². The largest absolute Gasteiger partial charge is 0.365 e. The lowest BCUT2D eigenvalue weighted by molar-refractivity contribution is 0.0997. The second kappa shape index (κ2) is 7.89. The number of nitrogens with two attached hydrogens (primary N) is 1. The average molecular weight is 421 g/mol. The number of nitriles is 1. The Morgan fingerprint density at radius 2 is 1.97 bits per heavy atom. The molecule has 1 aromatic heterocycles. The van der Waals surface area contributed by atoms with Crippen molar-refractivity contribution in [3.63, 3.8) is 0 Å². The minimum absolute atomic E-state index is 0.176. The van der Waals surface area contributed by atoms with Gasteiger partial charge in [-0.1, -0.05) is 29.8 Å². The van der Waals surface area contributed by atoms with E-state index in [1.807, 2.05) is 6.07 Å². The standard InChI is InChI=1S/C21H17ClN6O2/c22-15-5-2-4-14(10-15)19-18(20(24)29)17-12-27(7-8-28(17)26-19)21(30)25-16-6-1-3-13(9-16)11-23/h1-6,9-10H,7-8,12H2,(H2,24,29)(H,25,30). The van der Waals surface area contributed by atoms with Crippen LogP contribution in [0, 0.1) is 11.3 Å². The third-order valence-corrected chi connectivity index (χ3v) is 5.09. The molecule has 0 saturated heterocycles. The molecule has 9 heteroatoms. The summed E-state index contributed by atoms with van der Waals surface area (Å²) in [7, 11) is 0. The maximum atomic E-state index is 12.7. The van der Waals surface area contributed by atoms with Crippen molar-refractivity contribution in [3.05, 3.63) is 70.4 Å². The monoisotopic (exact) mass is 420 g/mol. The number of urea groups is 1. The number of hydrogen-bond donors (Lipinski definition) is 2. The summed E-state index contributed by atoms with van der Waals surface area (Å²) in [5.74, 6) is -0.616. The van der Waals surface area contributed by atoms with Gasteiger partial charge < -0.3 is 16.0 Å². The van der Waals surface area contributed by atoms with Gasteiger partial charge in [0, 0.05) is 22.8 Å². The molecule has 0 bridgehead atoms. The smallest absolute Gasteiger partial charge is 0.322 e. The van der Waals surface area contributed by atoms with E-state index in [0.29, 0.717) is 46.3 Å². The third kappa shape index (κ3) is 3.71. The minimum atomic E-state index is -0.616. The van der Waals surface area contributed by atoms with Crippen LogP contribution in [0.1, 0.15) is 21.6 Å². The summed E-state index contributed by atoms with van der Waals surface area (Å²) in [4.78, 5) is 26.6. The Morgan fingerprint density at radius 3 is 2.70 bits per heavy atom. The molecule has 0 saturated carbocycles. The van der Waals surface area contributed by atoms with Gasteiger partial charge in [-0.25, -0.2) is 4.79 Å². The Hall–Kier alpha value is -3.83. The minimum Gasteiger partial charge on any atom is -0.365 e. The number of anilines is 1. The Morgan fingerprint density at radius 1 is 1.17 bits per heavy atom. The second-order valence-corrected chi connectivity index (χ2v) is 7.25. The van der Waals surface area contributed by atoms with Gasteiger partial charge in [0.25, 0.3) is 5.91 Å². The number of fused-ring (bicyclic) bond motifs is 1. The lowest BCUT2D eigenvalue weighted by atomic mass is 10.0. The van der Waals surface area contributed by atoms with Gasteiger partial charge in [-0.3, -0.25) is 9.48 Å². The number of nitrogens with one attached hydrogen (secondary N) is 1. The number of carbonyl (C=O) groups excluding carboxylic acids is 2. The number of amides is 3. The third-order valence-electron chi connectivity index (χ3n) is 4.85. The van der Waals surface area contributed by atoms with Gasteiger partial charge in [0.2, 0.25) is 0 Å². The number of rotatable bonds is 3. The fourth-order valence-corrected chi connectivity index (χ4v) is 3.65. The van der Waals surface area contributed by atoms with Crippen molar-refractivity contribution >= 4 is 29.2 Å². The van der Waals surface area contributed by atoms with Crippen LogP contribution in [0.2, 0.25) is 5.02 Å². The first kappa shape index (κ1) is 19.5. The van der Waals surface area contributed by atoms with Crippen LogP contribution in [-0.4, -0.2) is 33.2 Å². The number of nitrogens with zero attached hydrogens (tertiary/aromatic N) is 4. The molecule has 0 atom stereocenters. The first-order valence-corrected chi connectivity index (χ1v) is 9.55. The highest BCUT2D eigenvalue weighted by Gasteiger charge is 2.29. The molecule has 8 nitrogen and oxygen atoms in total. The molecule has 3 N–H and O–H groups in total. The van der Waals surface area contributed by atoms with Gasteiger partial charge in [0.05, 0.1) is 36.0 Å². The van der Waals surface area contributed by atoms with E-state index >= 15 is 0 Å². The summed E-state index contributed by atoms with van der Waals surface area (Å²) < 4.78 is 1.70. The molecule has 3 amide bonds. The molecule has 0 radical (unpaired) electrons. The summed E-state index contributed by atoms with van der Waals surface area (Å²) >= 11 is 6.08. The predicted molar refractivity (Wildman–Crippen MR) is 112 cm³/mol. The molecule has 4 rings (SSSR count). The number of benzene rings is 2. The maximum absolute atomic E-state index is 12.7. The van der Waals surface area contributed by atoms with Crippen LogP contribution in [0.3, 0.4) is 0 Å². The zero-order valence-electron chi connectivity index (χ0n) is 15.8. The van der Waals surface area contributed by atoms with E-state index in [1.165, 1.54) is 0 Å². The van der Waals surface area contributed by atoms with Crippen molar-refractivity contribution in [2.24, 2.45) is 5.73 Å². The summed E-state index contributed by atoms with van der Waals surface area (Å²) in [5, 5.41) is 16.9. The molecule has 30 heavy (non-hydrogen) atoms. The highest BCUT2D eigenvalue weighted by atomic mass is 35.5. The molecule has 0 fully saturated rings. The number of carbonyl (C=O) groups is 2. The summed E-state index contributed by atoms with van der Waals surface area (Å²) in [6, 6.07) is 15.4. The molecule has 1 aliphatic heterocycles. The molecule has 1 aliphatic rings. The second-order valence-electron chi connectivity index (χ2n) is 6.81. The number of halogens is 1. The van der Waals surface area contributed by atoms with Crippen molar-refractivity contribution in [1.82, 2.24) is 14.7 Å². The van der Waals surface area contributed by atoms with Gasteiger partial charge in [-0.05, 0) is 30.3 Å². The highest BCUT2D eigenvalue weighted by Crippen LogP contribution is 2.29. The number of aromatic nitrogens is 2. The van der Waals surface area contributed by atoms with Crippen molar-refractivity contribution in [2.45, 2.75) is 13.1 Å². The van der Waals surface area contributed by atoms with E-state index in [2.05, 4.69) is 10.4 Å². The van der Waals surface area contributed by atoms with Crippen molar-refractivity contribution in [3.8, 4) is 17.3 Å². The van der Waals surface area contributed by atoms with Crippen LogP contribution >= 0.6 is 11.6 Å².